The number of carbonyl (C=O) groups excluding carboxylic acids is 1. The first-order valence-electron chi connectivity index (χ1n) is 7.36. The Balaban J connectivity index is 2.10. The number of rotatable bonds is 5. The molecule has 1 amide bonds. The lowest BCUT2D eigenvalue weighted by atomic mass is 10.0. The van der Waals surface area contributed by atoms with Gasteiger partial charge in [-0.25, -0.2) is 0 Å². The van der Waals surface area contributed by atoms with Crippen LogP contribution in [0, 0.1) is 0 Å². The Labute approximate surface area is 126 Å². The Morgan fingerprint density at radius 1 is 1.48 bits per heavy atom. The molecule has 0 radical (unpaired) electrons. The summed E-state index contributed by atoms with van der Waals surface area (Å²) in [6, 6.07) is 9.68. The number of benzene rings is 1. The molecule has 0 aliphatic carbocycles. The maximum atomic E-state index is 12.6. The molecule has 0 spiro atoms. The molecule has 5 heteroatoms. The molecule has 5 nitrogen and oxygen atoms in total. The second kappa shape index (κ2) is 7.54. The van der Waals surface area contributed by atoms with Gasteiger partial charge < -0.3 is 19.6 Å². The van der Waals surface area contributed by atoms with Gasteiger partial charge in [-0.3, -0.25) is 4.79 Å². The zero-order chi connectivity index (χ0) is 15.2. The zero-order valence-corrected chi connectivity index (χ0v) is 12.7. The summed E-state index contributed by atoms with van der Waals surface area (Å²) >= 11 is 0. The van der Waals surface area contributed by atoms with Gasteiger partial charge in [0.1, 0.15) is 6.10 Å². The molecule has 0 bridgehead atoms. The normalized spacial score (nSPS) is 21.0. The van der Waals surface area contributed by atoms with Crippen molar-refractivity contribution in [3.8, 4) is 0 Å². The summed E-state index contributed by atoms with van der Waals surface area (Å²) in [5.74, 6) is -0.0242. The second-order valence-electron chi connectivity index (χ2n) is 5.51. The monoisotopic (exact) mass is 292 g/mol. The van der Waals surface area contributed by atoms with Crippen molar-refractivity contribution >= 4 is 5.91 Å². The summed E-state index contributed by atoms with van der Waals surface area (Å²) < 4.78 is 5.60. The van der Waals surface area contributed by atoms with Gasteiger partial charge in [0.05, 0.1) is 12.6 Å². The molecule has 0 aromatic heterocycles. The topological polar surface area (TPSA) is 53.0 Å². The molecule has 1 N–H and O–H groups in total. The third-order valence-electron chi connectivity index (χ3n) is 3.95. The van der Waals surface area contributed by atoms with Crippen LogP contribution in [0.3, 0.4) is 0 Å². The van der Waals surface area contributed by atoms with Gasteiger partial charge in [0.2, 0.25) is 0 Å². The van der Waals surface area contributed by atoms with E-state index in [2.05, 4.69) is 4.90 Å². The Bertz CT molecular complexity index is 452. The van der Waals surface area contributed by atoms with Gasteiger partial charge in [-0.15, -0.1) is 0 Å². The third kappa shape index (κ3) is 4.03. The van der Waals surface area contributed by atoms with Crippen LogP contribution in [0.2, 0.25) is 0 Å². The quantitative estimate of drug-likeness (QED) is 0.876. The largest absolute Gasteiger partial charge is 0.396 e. The molecular formula is C16H24N2O3. The van der Waals surface area contributed by atoms with Crippen LogP contribution in [0.1, 0.15) is 18.0 Å². The Morgan fingerprint density at radius 2 is 2.19 bits per heavy atom. The number of carbonyl (C=O) groups is 1. The molecular weight excluding hydrogens is 268 g/mol. The van der Waals surface area contributed by atoms with Crippen molar-refractivity contribution in [1.29, 1.82) is 0 Å². The van der Waals surface area contributed by atoms with Gasteiger partial charge in [-0.1, -0.05) is 30.3 Å². The van der Waals surface area contributed by atoms with Crippen molar-refractivity contribution in [1.82, 2.24) is 9.80 Å². The van der Waals surface area contributed by atoms with Crippen molar-refractivity contribution in [3.63, 3.8) is 0 Å². The van der Waals surface area contributed by atoms with Crippen LogP contribution in [0.15, 0.2) is 30.3 Å². The number of nitrogens with zero attached hydrogens (tertiary/aromatic N) is 2. The lowest BCUT2D eigenvalue weighted by Crippen LogP contribution is -2.49. The van der Waals surface area contributed by atoms with Crippen LogP contribution in [0.5, 0.6) is 0 Å². The van der Waals surface area contributed by atoms with Gasteiger partial charge in [0.15, 0.2) is 0 Å². The van der Waals surface area contributed by atoms with Crippen LogP contribution in [-0.4, -0.2) is 67.3 Å². The van der Waals surface area contributed by atoms with Crippen molar-refractivity contribution < 1.29 is 14.6 Å². The molecule has 21 heavy (non-hydrogen) atoms. The number of aliphatic hydroxyl groups excluding tert-OH is 1. The van der Waals surface area contributed by atoms with Crippen molar-refractivity contribution in [2.24, 2.45) is 0 Å². The predicted molar refractivity (Wildman–Crippen MR) is 80.9 cm³/mol. The molecule has 1 aliphatic rings. The van der Waals surface area contributed by atoms with Gasteiger partial charge in [0.25, 0.3) is 5.91 Å². The van der Waals surface area contributed by atoms with Crippen molar-refractivity contribution in [2.45, 2.75) is 18.6 Å². The van der Waals surface area contributed by atoms with Crippen LogP contribution in [0.25, 0.3) is 0 Å². The Hall–Kier alpha value is -1.43. The lowest BCUT2D eigenvalue weighted by molar-refractivity contribution is -0.150. The second-order valence-corrected chi connectivity index (χ2v) is 5.51. The van der Waals surface area contributed by atoms with Gasteiger partial charge in [0, 0.05) is 26.7 Å². The molecule has 0 saturated carbocycles. The molecule has 1 heterocycles. The molecule has 1 saturated heterocycles. The predicted octanol–water partition coefficient (Wildman–Crippen LogP) is 0.899. The van der Waals surface area contributed by atoms with Crippen LogP contribution < -0.4 is 0 Å². The number of hydrogen-bond donors (Lipinski definition) is 1. The fourth-order valence-electron chi connectivity index (χ4n) is 2.69. The molecule has 1 aromatic rings. The highest BCUT2D eigenvalue weighted by atomic mass is 16.5. The number of hydrogen-bond acceptors (Lipinski definition) is 4. The van der Waals surface area contributed by atoms with Gasteiger partial charge in [-0.2, -0.15) is 0 Å². The number of ether oxygens (including phenoxy) is 1. The molecule has 2 unspecified atom stereocenters. The fraction of sp³-hybridized carbons (Fsp3) is 0.562. The van der Waals surface area contributed by atoms with Gasteiger partial charge >= 0.3 is 0 Å². The molecule has 2 rings (SSSR count). The lowest BCUT2D eigenvalue weighted by Gasteiger charge is -2.35. The highest BCUT2D eigenvalue weighted by Crippen LogP contribution is 2.24. The summed E-state index contributed by atoms with van der Waals surface area (Å²) in [5, 5.41) is 9.30. The van der Waals surface area contributed by atoms with E-state index in [0.29, 0.717) is 19.6 Å². The van der Waals surface area contributed by atoms with E-state index >= 15 is 0 Å². The minimum absolute atomic E-state index is 0.0242. The Morgan fingerprint density at radius 3 is 2.81 bits per heavy atom. The summed E-state index contributed by atoms with van der Waals surface area (Å²) in [7, 11) is 3.78. The number of aliphatic hydroxyl groups is 1. The van der Waals surface area contributed by atoms with Crippen LogP contribution in [0.4, 0.5) is 0 Å². The average molecular weight is 292 g/mol. The first-order chi connectivity index (χ1) is 10.1. The fourth-order valence-corrected chi connectivity index (χ4v) is 2.69. The molecule has 1 aromatic carbocycles. The summed E-state index contributed by atoms with van der Waals surface area (Å²) in [4.78, 5) is 16.4. The van der Waals surface area contributed by atoms with Gasteiger partial charge in [-0.05, 0) is 19.0 Å². The van der Waals surface area contributed by atoms with Crippen molar-refractivity contribution in [3.05, 3.63) is 35.9 Å². The minimum Gasteiger partial charge on any atom is -0.396 e. The third-order valence-corrected chi connectivity index (χ3v) is 3.95. The summed E-state index contributed by atoms with van der Waals surface area (Å²) in [6.45, 7) is 2.09. The Kier molecular flexibility index (Phi) is 5.73. The highest BCUT2D eigenvalue weighted by Gasteiger charge is 2.31. The highest BCUT2D eigenvalue weighted by molar-refractivity contribution is 5.81. The van der Waals surface area contributed by atoms with E-state index < -0.39 is 6.10 Å². The van der Waals surface area contributed by atoms with E-state index in [1.165, 1.54) is 0 Å². The standard InChI is InChI=1S/C16H24N2O3/c1-17-9-11-21-15(12-17)16(20)18(2)14(8-10-19)13-6-4-3-5-7-13/h3-7,14-15,19H,8-12H2,1-2H3. The van der Waals surface area contributed by atoms with E-state index in [-0.39, 0.29) is 18.6 Å². The molecule has 1 fully saturated rings. The minimum atomic E-state index is -0.418. The SMILES string of the molecule is CN1CCOC(C(=O)N(C)C(CCO)c2ccccc2)C1. The average Bonchev–Trinajstić information content (AvgIpc) is 2.52. The van der Waals surface area contributed by atoms with Crippen LogP contribution >= 0.6 is 0 Å². The molecule has 116 valence electrons. The summed E-state index contributed by atoms with van der Waals surface area (Å²) in [6.07, 6.45) is 0.105. The number of morpholine rings is 1. The maximum absolute atomic E-state index is 12.6. The smallest absolute Gasteiger partial charge is 0.253 e. The van der Waals surface area contributed by atoms with E-state index in [4.69, 9.17) is 4.74 Å². The first-order valence-corrected chi connectivity index (χ1v) is 7.36. The van der Waals surface area contributed by atoms with E-state index in [1.54, 1.807) is 11.9 Å². The number of amides is 1. The zero-order valence-electron chi connectivity index (χ0n) is 12.7. The van der Waals surface area contributed by atoms with E-state index in [9.17, 15) is 9.90 Å². The van der Waals surface area contributed by atoms with Crippen molar-refractivity contribution in [2.75, 3.05) is 40.4 Å². The number of likely N-dealkylation sites (N-methyl/N-ethyl adjacent to an activating group) is 2. The summed E-state index contributed by atoms with van der Waals surface area (Å²) in [5.41, 5.74) is 1.03. The molecule has 2 atom stereocenters. The van der Waals surface area contributed by atoms with Crippen LogP contribution in [-0.2, 0) is 9.53 Å². The van der Waals surface area contributed by atoms with E-state index in [1.807, 2.05) is 37.4 Å². The maximum Gasteiger partial charge on any atom is 0.253 e. The first kappa shape index (κ1) is 15.9. The molecule has 1 aliphatic heterocycles. The van der Waals surface area contributed by atoms with E-state index in [0.717, 1.165) is 12.1 Å².